The molecular formula is C17H22FN3. The summed E-state index contributed by atoms with van der Waals surface area (Å²) >= 11 is 0. The van der Waals surface area contributed by atoms with E-state index in [0.29, 0.717) is 5.82 Å². The Balaban J connectivity index is 2.51. The lowest BCUT2D eigenvalue weighted by molar-refractivity contribution is 0.367. The van der Waals surface area contributed by atoms with Crippen LogP contribution in [0.25, 0.3) is 0 Å². The molecule has 0 saturated heterocycles. The lowest BCUT2D eigenvalue weighted by atomic mass is 9.74. The molecule has 3 nitrogen and oxygen atoms in total. The predicted octanol–water partition coefficient (Wildman–Crippen LogP) is 3.35. The fourth-order valence-corrected chi connectivity index (χ4v) is 2.88. The Bertz CT molecular complexity index is 600. The molecule has 2 rings (SSSR count). The van der Waals surface area contributed by atoms with Crippen molar-refractivity contribution in [1.29, 1.82) is 0 Å². The Kier molecular flexibility index (Phi) is 4.28. The van der Waals surface area contributed by atoms with Crippen molar-refractivity contribution in [3.63, 3.8) is 0 Å². The van der Waals surface area contributed by atoms with Crippen molar-refractivity contribution in [3.05, 3.63) is 59.0 Å². The third kappa shape index (κ3) is 2.90. The molecule has 0 saturated carbocycles. The maximum Gasteiger partial charge on any atom is 0.128 e. The largest absolute Gasteiger partial charge is 0.383 e. The van der Waals surface area contributed by atoms with Crippen LogP contribution in [-0.4, -0.2) is 12.0 Å². The van der Waals surface area contributed by atoms with Gasteiger partial charge in [0, 0.05) is 23.2 Å². The van der Waals surface area contributed by atoms with Crippen LogP contribution >= 0.6 is 0 Å². The van der Waals surface area contributed by atoms with Gasteiger partial charge in [-0.2, -0.15) is 0 Å². The molecule has 0 bridgehead atoms. The minimum absolute atomic E-state index is 0.0170. The van der Waals surface area contributed by atoms with Crippen molar-refractivity contribution in [2.75, 3.05) is 12.8 Å². The van der Waals surface area contributed by atoms with Crippen LogP contribution in [0.2, 0.25) is 0 Å². The second-order valence-electron chi connectivity index (χ2n) is 5.88. The Labute approximate surface area is 125 Å². The van der Waals surface area contributed by atoms with Gasteiger partial charge in [0.2, 0.25) is 0 Å². The van der Waals surface area contributed by atoms with Crippen molar-refractivity contribution in [2.45, 2.75) is 32.2 Å². The van der Waals surface area contributed by atoms with E-state index in [4.69, 9.17) is 5.73 Å². The molecule has 0 aliphatic carbocycles. The molecule has 0 spiro atoms. The lowest BCUT2D eigenvalue weighted by Gasteiger charge is -2.36. The zero-order valence-corrected chi connectivity index (χ0v) is 12.9. The smallest absolute Gasteiger partial charge is 0.128 e. The maximum atomic E-state index is 13.2. The molecule has 2 aromatic rings. The molecule has 1 unspecified atom stereocenters. The van der Waals surface area contributed by atoms with Gasteiger partial charge in [0.1, 0.15) is 11.6 Å². The molecular weight excluding hydrogens is 265 g/mol. The molecule has 0 aliphatic heterocycles. The quantitative estimate of drug-likeness (QED) is 0.906. The fourth-order valence-electron chi connectivity index (χ4n) is 2.88. The van der Waals surface area contributed by atoms with E-state index in [0.717, 1.165) is 16.7 Å². The normalized spacial score (nSPS) is 13.2. The molecule has 21 heavy (non-hydrogen) atoms. The molecule has 3 N–H and O–H groups in total. The molecule has 112 valence electrons. The van der Waals surface area contributed by atoms with Crippen LogP contribution in [-0.2, 0) is 5.41 Å². The number of likely N-dealkylation sites (N-methyl/N-ethyl adjacent to an activating group) is 1. The summed E-state index contributed by atoms with van der Waals surface area (Å²) < 4.78 is 13.2. The van der Waals surface area contributed by atoms with E-state index in [-0.39, 0.29) is 17.3 Å². The van der Waals surface area contributed by atoms with Crippen molar-refractivity contribution >= 4 is 5.82 Å². The van der Waals surface area contributed by atoms with Gasteiger partial charge < -0.3 is 11.1 Å². The summed E-state index contributed by atoms with van der Waals surface area (Å²) in [6.45, 7) is 6.26. The minimum atomic E-state index is -0.260. The number of nitrogens with two attached hydrogens (primary N) is 1. The highest BCUT2D eigenvalue weighted by Gasteiger charge is 2.33. The molecule has 0 amide bonds. The maximum absolute atomic E-state index is 13.2. The van der Waals surface area contributed by atoms with Gasteiger partial charge in [-0.1, -0.05) is 26.0 Å². The summed E-state index contributed by atoms with van der Waals surface area (Å²) in [6, 6.07) is 8.56. The molecule has 1 aromatic heterocycles. The number of nitrogens with one attached hydrogen (secondary N) is 1. The van der Waals surface area contributed by atoms with E-state index >= 15 is 0 Å². The van der Waals surface area contributed by atoms with E-state index in [2.05, 4.69) is 24.1 Å². The minimum Gasteiger partial charge on any atom is -0.383 e. The average molecular weight is 287 g/mol. The standard InChI is InChI=1S/C17H22FN3/c1-11-9-10-21-16(19)14(11)15(20-4)17(2,3)12-5-7-13(18)8-6-12/h5-10,15,20H,1-4H3,(H2,19,21). The van der Waals surface area contributed by atoms with Crippen molar-refractivity contribution in [1.82, 2.24) is 10.3 Å². The number of hydrogen-bond donors (Lipinski definition) is 2. The second-order valence-corrected chi connectivity index (χ2v) is 5.88. The Morgan fingerprint density at radius 2 is 1.81 bits per heavy atom. The van der Waals surface area contributed by atoms with Gasteiger partial charge in [-0.15, -0.1) is 0 Å². The van der Waals surface area contributed by atoms with Gasteiger partial charge in [0.15, 0.2) is 0 Å². The third-order valence-corrected chi connectivity index (χ3v) is 4.13. The summed E-state index contributed by atoms with van der Waals surface area (Å²) in [5, 5.41) is 3.34. The molecule has 0 fully saturated rings. The van der Waals surface area contributed by atoms with Crippen LogP contribution < -0.4 is 11.1 Å². The van der Waals surface area contributed by atoms with Crippen molar-refractivity contribution < 1.29 is 4.39 Å². The van der Waals surface area contributed by atoms with Crippen LogP contribution in [0, 0.1) is 12.7 Å². The number of aryl methyl sites for hydroxylation is 1. The number of benzene rings is 1. The van der Waals surface area contributed by atoms with Crippen molar-refractivity contribution in [2.24, 2.45) is 0 Å². The average Bonchev–Trinajstić information content (AvgIpc) is 2.43. The van der Waals surface area contributed by atoms with Gasteiger partial charge >= 0.3 is 0 Å². The Morgan fingerprint density at radius 3 is 2.33 bits per heavy atom. The first-order valence-corrected chi connectivity index (χ1v) is 7.02. The van der Waals surface area contributed by atoms with E-state index < -0.39 is 0 Å². The summed E-state index contributed by atoms with van der Waals surface area (Å²) in [4.78, 5) is 4.21. The predicted molar refractivity (Wildman–Crippen MR) is 84.6 cm³/mol. The van der Waals surface area contributed by atoms with Gasteiger partial charge in [0.05, 0.1) is 0 Å². The highest BCUT2D eigenvalue weighted by atomic mass is 19.1. The number of aromatic nitrogens is 1. The first kappa shape index (κ1) is 15.4. The number of nitrogen functional groups attached to an aromatic ring is 1. The summed E-state index contributed by atoms with van der Waals surface area (Å²) in [7, 11) is 1.90. The van der Waals surface area contributed by atoms with E-state index in [1.54, 1.807) is 6.20 Å². The SMILES string of the molecule is CNC(c1c(C)ccnc1N)C(C)(C)c1ccc(F)cc1. The first-order valence-electron chi connectivity index (χ1n) is 7.02. The molecule has 0 radical (unpaired) electrons. The van der Waals surface area contributed by atoms with Crippen LogP contribution in [0.5, 0.6) is 0 Å². The zero-order valence-electron chi connectivity index (χ0n) is 12.9. The fraction of sp³-hybridized carbons (Fsp3) is 0.353. The monoisotopic (exact) mass is 287 g/mol. The number of rotatable bonds is 4. The summed E-state index contributed by atoms with van der Waals surface area (Å²) in [6.07, 6.45) is 1.71. The second kappa shape index (κ2) is 5.82. The van der Waals surface area contributed by atoms with Crippen molar-refractivity contribution in [3.8, 4) is 0 Å². The van der Waals surface area contributed by atoms with Crippen LogP contribution in [0.3, 0.4) is 0 Å². The van der Waals surface area contributed by atoms with E-state index in [1.807, 2.05) is 32.2 Å². The summed E-state index contributed by atoms with van der Waals surface area (Å²) in [5.74, 6) is 0.303. The van der Waals surface area contributed by atoms with Gasteiger partial charge in [-0.25, -0.2) is 9.37 Å². The molecule has 1 aromatic carbocycles. The Hall–Kier alpha value is -1.94. The lowest BCUT2D eigenvalue weighted by Crippen LogP contribution is -2.36. The number of anilines is 1. The van der Waals surface area contributed by atoms with Crippen LogP contribution in [0.1, 0.15) is 36.6 Å². The summed E-state index contributed by atoms with van der Waals surface area (Å²) in [5.41, 5.74) is 8.96. The number of halogens is 1. The van der Waals surface area contributed by atoms with E-state index in [9.17, 15) is 4.39 Å². The van der Waals surface area contributed by atoms with Gasteiger partial charge in [-0.3, -0.25) is 0 Å². The Morgan fingerprint density at radius 1 is 1.19 bits per heavy atom. The highest BCUT2D eigenvalue weighted by Crippen LogP contribution is 2.39. The van der Waals surface area contributed by atoms with Gasteiger partial charge in [0.25, 0.3) is 0 Å². The molecule has 1 heterocycles. The molecule has 0 aliphatic rings. The van der Waals surface area contributed by atoms with Crippen LogP contribution in [0.4, 0.5) is 10.2 Å². The van der Waals surface area contributed by atoms with Crippen LogP contribution in [0.15, 0.2) is 36.5 Å². The van der Waals surface area contributed by atoms with Gasteiger partial charge in [-0.05, 0) is 43.3 Å². The zero-order chi connectivity index (χ0) is 15.6. The molecule has 1 atom stereocenters. The number of nitrogens with zero attached hydrogens (tertiary/aromatic N) is 1. The number of pyridine rings is 1. The highest BCUT2D eigenvalue weighted by molar-refractivity contribution is 5.48. The number of hydrogen-bond acceptors (Lipinski definition) is 3. The van der Waals surface area contributed by atoms with E-state index in [1.165, 1.54) is 12.1 Å². The third-order valence-electron chi connectivity index (χ3n) is 4.13. The molecule has 4 heteroatoms. The first-order chi connectivity index (χ1) is 9.87. The topological polar surface area (TPSA) is 50.9 Å².